The van der Waals surface area contributed by atoms with Crippen molar-refractivity contribution in [1.82, 2.24) is 4.90 Å². The van der Waals surface area contributed by atoms with Gasteiger partial charge in [0.15, 0.2) is 0 Å². The number of hydrogen-bond donors (Lipinski definition) is 1. The van der Waals surface area contributed by atoms with Crippen molar-refractivity contribution in [3.05, 3.63) is 35.4 Å². The predicted octanol–water partition coefficient (Wildman–Crippen LogP) is 2.93. The normalized spacial score (nSPS) is 11.4. The predicted molar refractivity (Wildman–Crippen MR) is 79.5 cm³/mol. The second-order valence-electron chi connectivity index (χ2n) is 5.53. The van der Waals surface area contributed by atoms with Crippen molar-refractivity contribution in [3.63, 3.8) is 0 Å². The van der Waals surface area contributed by atoms with E-state index in [1.165, 1.54) is 0 Å². The molecule has 2 N–H and O–H groups in total. The van der Waals surface area contributed by atoms with Crippen LogP contribution in [0.3, 0.4) is 0 Å². The van der Waals surface area contributed by atoms with Gasteiger partial charge in [-0.05, 0) is 24.5 Å². The fourth-order valence-electron chi connectivity index (χ4n) is 2.02. The Labute approximate surface area is 116 Å². The molecule has 0 saturated carbocycles. The zero-order valence-electron chi connectivity index (χ0n) is 12.6. The molecule has 3 heteroatoms. The van der Waals surface area contributed by atoms with Crippen LogP contribution < -0.4 is 5.73 Å². The quantitative estimate of drug-likeness (QED) is 0.856. The van der Waals surface area contributed by atoms with Crippen LogP contribution in [0.2, 0.25) is 0 Å². The smallest absolute Gasteiger partial charge is 0.228 e. The molecule has 0 aliphatic carbocycles. The number of hydrogen-bond acceptors (Lipinski definition) is 2. The summed E-state index contributed by atoms with van der Waals surface area (Å²) in [7, 11) is 0. The van der Waals surface area contributed by atoms with Gasteiger partial charge in [0.25, 0.3) is 0 Å². The largest absolute Gasteiger partial charge is 0.338 e. The van der Waals surface area contributed by atoms with Gasteiger partial charge in [-0.2, -0.15) is 0 Å². The minimum Gasteiger partial charge on any atom is -0.338 e. The average molecular weight is 262 g/mol. The zero-order chi connectivity index (χ0) is 14.5. The first kappa shape index (κ1) is 15.7. The SMILES string of the molecule is CCN(Cc1ccccc1CN)C(=O)C(C)(C)CC. The van der Waals surface area contributed by atoms with Gasteiger partial charge >= 0.3 is 0 Å². The van der Waals surface area contributed by atoms with Crippen molar-refractivity contribution in [1.29, 1.82) is 0 Å². The van der Waals surface area contributed by atoms with E-state index < -0.39 is 0 Å². The third kappa shape index (κ3) is 3.80. The lowest BCUT2D eigenvalue weighted by Crippen LogP contribution is -2.40. The van der Waals surface area contributed by atoms with E-state index in [1.807, 2.05) is 43.9 Å². The average Bonchev–Trinajstić information content (AvgIpc) is 2.44. The second kappa shape index (κ2) is 6.71. The lowest BCUT2D eigenvalue weighted by atomic mass is 9.88. The lowest BCUT2D eigenvalue weighted by Gasteiger charge is -2.31. The van der Waals surface area contributed by atoms with Crippen LogP contribution >= 0.6 is 0 Å². The molecule has 0 saturated heterocycles. The molecule has 0 heterocycles. The summed E-state index contributed by atoms with van der Waals surface area (Å²) in [6.45, 7) is 9.97. The van der Waals surface area contributed by atoms with Gasteiger partial charge < -0.3 is 10.6 Å². The molecule has 1 aromatic carbocycles. The minimum absolute atomic E-state index is 0.212. The van der Waals surface area contributed by atoms with Crippen LogP contribution in [0.1, 0.15) is 45.2 Å². The number of nitrogens with zero attached hydrogens (tertiary/aromatic N) is 1. The highest BCUT2D eigenvalue weighted by molar-refractivity contribution is 5.81. The van der Waals surface area contributed by atoms with Crippen LogP contribution in [-0.2, 0) is 17.9 Å². The maximum Gasteiger partial charge on any atom is 0.228 e. The van der Waals surface area contributed by atoms with Crippen molar-refractivity contribution >= 4 is 5.91 Å². The van der Waals surface area contributed by atoms with Gasteiger partial charge in [-0.15, -0.1) is 0 Å². The van der Waals surface area contributed by atoms with E-state index in [9.17, 15) is 4.79 Å². The fraction of sp³-hybridized carbons (Fsp3) is 0.562. The van der Waals surface area contributed by atoms with Gasteiger partial charge in [-0.25, -0.2) is 0 Å². The highest BCUT2D eigenvalue weighted by Gasteiger charge is 2.29. The van der Waals surface area contributed by atoms with Gasteiger partial charge in [-0.1, -0.05) is 45.0 Å². The first-order valence-corrected chi connectivity index (χ1v) is 7.02. The number of amides is 1. The number of carbonyl (C=O) groups is 1. The Morgan fingerprint density at radius 2 is 1.79 bits per heavy atom. The number of benzene rings is 1. The summed E-state index contributed by atoms with van der Waals surface area (Å²) >= 11 is 0. The van der Waals surface area contributed by atoms with Crippen molar-refractivity contribution in [2.45, 2.75) is 47.2 Å². The van der Waals surface area contributed by atoms with E-state index >= 15 is 0 Å². The van der Waals surface area contributed by atoms with Crippen molar-refractivity contribution < 1.29 is 4.79 Å². The molecule has 19 heavy (non-hydrogen) atoms. The van der Waals surface area contributed by atoms with Gasteiger partial charge in [0.05, 0.1) is 0 Å². The Bertz CT molecular complexity index is 427. The van der Waals surface area contributed by atoms with Crippen LogP contribution in [0, 0.1) is 5.41 Å². The van der Waals surface area contributed by atoms with Crippen molar-refractivity contribution in [2.24, 2.45) is 11.1 Å². The number of nitrogens with two attached hydrogens (primary N) is 1. The van der Waals surface area contributed by atoms with Crippen molar-refractivity contribution in [3.8, 4) is 0 Å². The van der Waals surface area contributed by atoms with Gasteiger partial charge in [0, 0.05) is 25.0 Å². The Hall–Kier alpha value is -1.35. The molecule has 0 atom stereocenters. The van der Waals surface area contributed by atoms with E-state index in [1.54, 1.807) is 0 Å². The molecule has 0 bridgehead atoms. The molecule has 0 aromatic heterocycles. The molecule has 0 radical (unpaired) electrons. The number of carbonyl (C=O) groups excluding carboxylic acids is 1. The van der Waals surface area contributed by atoms with Crippen molar-refractivity contribution in [2.75, 3.05) is 6.54 Å². The van der Waals surface area contributed by atoms with E-state index in [0.29, 0.717) is 13.1 Å². The van der Waals surface area contributed by atoms with Crippen LogP contribution in [0.4, 0.5) is 0 Å². The van der Waals surface area contributed by atoms with Crippen LogP contribution in [0.25, 0.3) is 0 Å². The Morgan fingerprint density at radius 3 is 2.26 bits per heavy atom. The molecule has 0 aliphatic rings. The maximum atomic E-state index is 12.5. The minimum atomic E-state index is -0.298. The highest BCUT2D eigenvalue weighted by atomic mass is 16.2. The molecule has 106 valence electrons. The molecule has 1 aromatic rings. The van der Waals surface area contributed by atoms with E-state index in [2.05, 4.69) is 13.0 Å². The molecule has 0 spiro atoms. The summed E-state index contributed by atoms with van der Waals surface area (Å²) in [5, 5.41) is 0. The van der Waals surface area contributed by atoms with Crippen LogP contribution in [0.5, 0.6) is 0 Å². The first-order valence-electron chi connectivity index (χ1n) is 7.02. The molecule has 0 fully saturated rings. The Kier molecular flexibility index (Phi) is 5.55. The van der Waals surface area contributed by atoms with E-state index in [0.717, 1.165) is 24.1 Å². The standard InChI is InChI=1S/C16H26N2O/c1-5-16(3,4)15(19)18(6-2)12-14-10-8-7-9-13(14)11-17/h7-10H,5-6,11-12,17H2,1-4H3. The number of rotatable bonds is 6. The Morgan fingerprint density at radius 1 is 1.21 bits per heavy atom. The van der Waals surface area contributed by atoms with Crippen LogP contribution in [0.15, 0.2) is 24.3 Å². The maximum absolute atomic E-state index is 12.5. The van der Waals surface area contributed by atoms with E-state index in [-0.39, 0.29) is 11.3 Å². The van der Waals surface area contributed by atoms with Gasteiger partial charge in [0.1, 0.15) is 0 Å². The fourth-order valence-corrected chi connectivity index (χ4v) is 2.02. The second-order valence-corrected chi connectivity index (χ2v) is 5.53. The lowest BCUT2D eigenvalue weighted by molar-refractivity contribution is -0.141. The van der Waals surface area contributed by atoms with E-state index in [4.69, 9.17) is 5.73 Å². The summed E-state index contributed by atoms with van der Waals surface area (Å²) in [5.74, 6) is 0.212. The zero-order valence-corrected chi connectivity index (χ0v) is 12.6. The summed E-state index contributed by atoms with van der Waals surface area (Å²) in [4.78, 5) is 14.4. The molecule has 0 unspecified atom stereocenters. The third-order valence-electron chi connectivity index (χ3n) is 3.83. The first-order chi connectivity index (χ1) is 8.96. The highest BCUT2D eigenvalue weighted by Crippen LogP contribution is 2.24. The third-order valence-corrected chi connectivity index (χ3v) is 3.83. The Balaban J connectivity index is 2.91. The summed E-state index contributed by atoms with van der Waals surface area (Å²) in [6.07, 6.45) is 0.848. The molecular formula is C16H26N2O. The molecule has 1 amide bonds. The monoisotopic (exact) mass is 262 g/mol. The molecular weight excluding hydrogens is 236 g/mol. The van der Waals surface area contributed by atoms with Gasteiger partial charge in [-0.3, -0.25) is 4.79 Å². The molecule has 0 aliphatic heterocycles. The summed E-state index contributed by atoms with van der Waals surface area (Å²) < 4.78 is 0. The molecule has 3 nitrogen and oxygen atoms in total. The summed E-state index contributed by atoms with van der Waals surface area (Å²) in [6, 6.07) is 8.06. The topological polar surface area (TPSA) is 46.3 Å². The molecule has 1 rings (SSSR count). The van der Waals surface area contributed by atoms with Gasteiger partial charge in [0.2, 0.25) is 5.91 Å². The summed E-state index contributed by atoms with van der Waals surface area (Å²) in [5.41, 5.74) is 7.71. The van der Waals surface area contributed by atoms with Crippen LogP contribution in [-0.4, -0.2) is 17.4 Å².